The molecule has 0 bridgehead atoms. The van der Waals surface area contributed by atoms with Gasteiger partial charge in [-0.1, -0.05) is 6.07 Å². The molecule has 11 heteroatoms. The van der Waals surface area contributed by atoms with Gasteiger partial charge in [-0.25, -0.2) is 4.98 Å². The van der Waals surface area contributed by atoms with Crippen molar-refractivity contribution in [2.45, 2.75) is 12.2 Å². The van der Waals surface area contributed by atoms with Crippen LogP contribution in [0, 0.1) is 10.1 Å². The minimum atomic E-state index is -4.71. The standard InChI is InChI=1S/C20H12F3N3O4S/c21-20(22,23)12-2-6-18(17(8-12)26(28)29)30-14-3-5-15-11(7-14)1-4-16(25-15)19-24-13(9-27)10-31-19/h1-9,13H,10H2. The first-order valence-corrected chi connectivity index (χ1v) is 9.84. The average molecular weight is 447 g/mol. The van der Waals surface area contributed by atoms with Gasteiger partial charge in [0.1, 0.15) is 23.1 Å². The van der Waals surface area contributed by atoms with E-state index in [1.807, 2.05) is 0 Å². The molecule has 2 aromatic carbocycles. The van der Waals surface area contributed by atoms with Gasteiger partial charge in [0.05, 0.1) is 21.7 Å². The fourth-order valence-electron chi connectivity index (χ4n) is 2.94. The Morgan fingerprint density at radius 3 is 2.65 bits per heavy atom. The van der Waals surface area contributed by atoms with E-state index < -0.39 is 22.4 Å². The maximum absolute atomic E-state index is 12.9. The molecule has 158 valence electrons. The van der Waals surface area contributed by atoms with Crippen molar-refractivity contribution in [3.63, 3.8) is 0 Å². The molecule has 0 N–H and O–H groups in total. The summed E-state index contributed by atoms with van der Waals surface area (Å²) in [6.07, 6.45) is -3.92. The zero-order valence-electron chi connectivity index (χ0n) is 15.5. The Hall–Kier alpha value is -3.47. The number of carbonyl (C=O) groups is 1. The fraction of sp³-hybridized carbons (Fsp3) is 0.150. The van der Waals surface area contributed by atoms with Crippen LogP contribution >= 0.6 is 11.8 Å². The first-order valence-electron chi connectivity index (χ1n) is 8.85. The lowest BCUT2D eigenvalue weighted by atomic mass is 10.1. The number of aldehydes is 1. The van der Waals surface area contributed by atoms with Crippen LogP contribution in [0.5, 0.6) is 11.5 Å². The highest BCUT2D eigenvalue weighted by atomic mass is 32.2. The van der Waals surface area contributed by atoms with Crippen LogP contribution in [0.2, 0.25) is 0 Å². The van der Waals surface area contributed by atoms with Crippen LogP contribution in [0.4, 0.5) is 18.9 Å². The molecule has 0 spiro atoms. The lowest BCUT2D eigenvalue weighted by molar-refractivity contribution is -0.385. The smallest absolute Gasteiger partial charge is 0.416 e. The monoisotopic (exact) mass is 447 g/mol. The van der Waals surface area contributed by atoms with Crippen LogP contribution in [0.25, 0.3) is 10.9 Å². The summed E-state index contributed by atoms with van der Waals surface area (Å²) in [7, 11) is 0. The minimum Gasteiger partial charge on any atom is -0.450 e. The molecular formula is C20H12F3N3O4S. The first kappa shape index (κ1) is 20.8. The molecule has 7 nitrogen and oxygen atoms in total. The maximum Gasteiger partial charge on any atom is 0.416 e. The van der Waals surface area contributed by atoms with Crippen molar-refractivity contribution >= 4 is 39.7 Å². The molecule has 1 unspecified atom stereocenters. The highest BCUT2D eigenvalue weighted by Crippen LogP contribution is 2.38. The number of carbonyl (C=O) groups excluding carboxylic acids is 1. The molecular weight excluding hydrogens is 435 g/mol. The normalized spacial score (nSPS) is 16.2. The third kappa shape index (κ3) is 4.36. The van der Waals surface area contributed by atoms with Gasteiger partial charge in [-0.2, -0.15) is 13.2 Å². The molecule has 0 radical (unpaired) electrons. The van der Waals surface area contributed by atoms with E-state index >= 15 is 0 Å². The number of rotatable bonds is 5. The van der Waals surface area contributed by atoms with E-state index in [0.29, 0.717) is 33.5 Å². The Morgan fingerprint density at radius 2 is 1.97 bits per heavy atom. The van der Waals surface area contributed by atoms with E-state index in [0.717, 1.165) is 18.4 Å². The molecule has 1 atom stereocenters. The summed E-state index contributed by atoms with van der Waals surface area (Å²) in [5.74, 6) is 0.467. The lowest BCUT2D eigenvalue weighted by Gasteiger charge is -2.10. The lowest BCUT2D eigenvalue weighted by Crippen LogP contribution is -2.06. The van der Waals surface area contributed by atoms with Crippen molar-refractivity contribution in [2.24, 2.45) is 4.99 Å². The zero-order chi connectivity index (χ0) is 22.2. The van der Waals surface area contributed by atoms with Gasteiger partial charge in [0.25, 0.3) is 0 Å². The summed E-state index contributed by atoms with van der Waals surface area (Å²) in [4.78, 5) is 30.0. The topological polar surface area (TPSA) is 94.7 Å². The summed E-state index contributed by atoms with van der Waals surface area (Å²) in [5, 5.41) is 12.6. The summed E-state index contributed by atoms with van der Waals surface area (Å²) in [6.45, 7) is 0. The number of pyridine rings is 1. The number of nitro benzene ring substituents is 1. The molecule has 0 saturated carbocycles. The Bertz CT molecular complexity index is 1230. The Balaban J connectivity index is 1.63. The number of hydrogen-bond donors (Lipinski definition) is 0. The average Bonchev–Trinajstić information content (AvgIpc) is 3.22. The van der Waals surface area contributed by atoms with E-state index in [1.165, 1.54) is 17.8 Å². The molecule has 31 heavy (non-hydrogen) atoms. The highest BCUT2D eigenvalue weighted by Gasteiger charge is 2.33. The second-order valence-corrected chi connectivity index (χ2v) is 7.55. The van der Waals surface area contributed by atoms with Crippen LogP contribution in [0.1, 0.15) is 11.3 Å². The third-order valence-electron chi connectivity index (χ3n) is 4.42. The van der Waals surface area contributed by atoms with Crippen LogP contribution in [-0.2, 0) is 11.0 Å². The minimum absolute atomic E-state index is 0.207. The Labute approximate surface area is 177 Å². The molecule has 0 amide bonds. The predicted molar refractivity (Wildman–Crippen MR) is 109 cm³/mol. The second kappa shape index (κ2) is 7.99. The van der Waals surface area contributed by atoms with Crippen molar-refractivity contribution in [2.75, 3.05) is 5.75 Å². The first-order chi connectivity index (χ1) is 14.7. The van der Waals surface area contributed by atoms with Crippen molar-refractivity contribution < 1.29 is 27.6 Å². The molecule has 0 aliphatic carbocycles. The van der Waals surface area contributed by atoms with Crippen LogP contribution in [0.15, 0.2) is 53.5 Å². The third-order valence-corrected chi connectivity index (χ3v) is 5.52. The summed E-state index contributed by atoms with van der Waals surface area (Å²) in [5.41, 5.74) is -0.700. The quantitative estimate of drug-likeness (QED) is 0.310. The number of nitro groups is 1. The molecule has 1 aliphatic rings. The van der Waals surface area contributed by atoms with Crippen LogP contribution in [0.3, 0.4) is 0 Å². The molecule has 0 saturated heterocycles. The number of aromatic nitrogens is 1. The van der Waals surface area contributed by atoms with E-state index in [1.54, 1.807) is 24.3 Å². The van der Waals surface area contributed by atoms with Crippen molar-refractivity contribution in [1.82, 2.24) is 4.98 Å². The highest BCUT2D eigenvalue weighted by molar-refractivity contribution is 8.14. The Kier molecular flexibility index (Phi) is 5.36. The van der Waals surface area contributed by atoms with E-state index in [9.17, 15) is 28.1 Å². The molecule has 0 fully saturated rings. The van der Waals surface area contributed by atoms with E-state index in [4.69, 9.17) is 4.74 Å². The van der Waals surface area contributed by atoms with Gasteiger partial charge in [-0.05, 0) is 36.4 Å². The number of ether oxygens (including phenoxy) is 1. The number of benzene rings is 2. The number of halogens is 3. The molecule has 1 aliphatic heterocycles. The number of aliphatic imine (C=N–C) groups is 1. The largest absolute Gasteiger partial charge is 0.450 e. The summed E-state index contributed by atoms with van der Waals surface area (Å²) >= 11 is 1.44. The predicted octanol–water partition coefficient (Wildman–Crippen LogP) is 5.02. The van der Waals surface area contributed by atoms with Crippen molar-refractivity contribution in [3.05, 3.63) is 69.9 Å². The molecule has 3 aromatic rings. The summed E-state index contributed by atoms with van der Waals surface area (Å²) in [6, 6.07) is 9.90. The van der Waals surface area contributed by atoms with Gasteiger partial charge < -0.3 is 9.53 Å². The number of thioether (sulfide) groups is 1. The van der Waals surface area contributed by atoms with Gasteiger partial charge in [-0.3, -0.25) is 15.1 Å². The number of fused-ring (bicyclic) bond motifs is 1. The number of hydrogen-bond acceptors (Lipinski definition) is 7. The molecule has 4 rings (SSSR count). The van der Waals surface area contributed by atoms with E-state index in [-0.39, 0.29) is 17.5 Å². The second-order valence-electron chi connectivity index (χ2n) is 6.54. The fourth-order valence-corrected chi connectivity index (χ4v) is 3.89. The number of nitrogens with zero attached hydrogens (tertiary/aromatic N) is 3. The number of alkyl halides is 3. The maximum atomic E-state index is 12.9. The van der Waals surface area contributed by atoms with Gasteiger partial charge in [0.2, 0.25) is 5.75 Å². The molecule has 1 aromatic heterocycles. The van der Waals surface area contributed by atoms with Gasteiger partial charge >= 0.3 is 11.9 Å². The summed E-state index contributed by atoms with van der Waals surface area (Å²) < 4.78 is 44.1. The van der Waals surface area contributed by atoms with Crippen LogP contribution < -0.4 is 4.74 Å². The molecule has 2 heterocycles. The van der Waals surface area contributed by atoms with Gasteiger partial charge in [0.15, 0.2) is 0 Å². The van der Waals surface area contributed by atoms with Crippen molar-refractivity contribution in [1.29, 1.82) is 0 Å². The van der Waals surface area contributed by atoms with Gasteiger partial charge in [0, 0.05) is 17.2 Å². The van der Waals surface area contributed by atoms with Gasteiger partial charge in [-0.15, -0.1) is 11.8 Å². The van der Waals surface area contributed by atoms with Crippen molar-refractivity contribution in [3.8, 4) is 11.5 Å². The Morgan fingerprint density at radius 1 is 1.16 bits per heavy atom. The van der Waals surface area contributed by atoms with Crippen LogP contribution in [-0.4, -0.2) is 33.0 Å². The SMILES string of the molecule is O=CC1CSC(c2ccc3cc(Oc4ccc(C(F)(F)F)cc4[N+](=O)[O-])ccc3n2)=N1. The van der Waals surface area contributed by atoms with E-state index in [2.05, 4.69) is 9.98 Å². The zero-order valence-corrected chi connectivity index (χ0v) is 16.3.